The largest absolute Gasteiger partial charge is 0.396 e. The molecule has 0 saturated heterocycles. The van der Waals surface area contributed by atoms with Crippen molar-refractivity contribution in [3.63, 3.8) is 0 Å². The Kier molecular flexibility index (Phi) is 5.35. The molecule has 0 atom stereocenters. The lowest BCUT2D eigenvalue weighted by atomic mass is 10.1. The molecular formula is C17H20N2O2. The quantitative estimate of drug-likeness (QED) is 0.764. The molecule has 0 heterocycles. The van der Waals surface area contributed by atoms with E-state index in [0.717, 1.165) is 29.8 Å². The summed E-state index contributed by atoms with van der Waals surface area (Å²) in [5, 5.41) is 14.8. The van der Waals surface area contributed by atoms with Crippen LogP contribution in [-0.2, 0) is 6.42 Å². The fourth-order valence-electron chi connectivity index (χ4n) is 2.19. The molecule has 0 fully saturated rings. The van der Waals surface area contributed by atoms with Crippen molar-refractivity contribution in [3.05, 3.63) is 59.7 Å². The van der Waals surface area contributed by atoms with Gasteiger partial charge in [0.1, 0.15) is 0 Å². The summed E-state index contributed by atoms with van der Waals surface area (Å²) >= 11 is 0. The lowest BCUT2D eigenvalue weighted by Crippen LogP contribution is -2.14. The maximum Gasteiger partial charge on any atom is 0.257 e. The van der Waals surface area contributed by atoms with Crippen LogP contribution in [0.2, 0.25) is 0 Å². The SMILES string of the molecule is CNc1ccccc1C(=O)Nc1cccc(CCCO)c1. The van der Waals surface area contributed by atoms with Crippen molar-refractivity contribution in [1.29, 1.82) is 0 Å². The van der Waals surface area contributed by atoms with Crippen LogP contribution in [0, 0.1) is 0 Å². The van der Waals surface area contributed by atoms with Gasteiger partial charge in [-0.1, -0.05) is 24.3 Å². The summed E-state index contributed by atoms with van der Waals surface area (Å²) in [4.78, 5) is 12.3. The highest BCUT2D eigenvalue weighted by atomic mass is 16.2. The maximum absolute atomic E-state index is 12.3. The van der Waals surface area contributed by atoms with Crippen molar-refractivity contribution in [1.82, 2.24) is 0 Å². The van der Waals surface area contributed by atoms with Crippen LogP contribution in [0.3, 0.4) is 0 Å². The summed E-state index contributed by atoms with van der Waals surface area (Å²) in [5.74, 6) is -0.140. The third-order valence-corrected chi connectivity index (χ3v) is 3.25. The second-order valence-electron chi connectivity index (χ2n) is 4.78. The molecule has 1 amide bonds. The first-order valence-electron chi connectivity index (χ1n) is 7.02. The van der Waals surface area contributed by atoms with E-state index in [-0.39, 0.29) is 12.5 Å². The summed E-state index contributed by atoms with van der Waals surface area (Å²) < 4.78 is 0. The Morgan fingerprint density at radius 3 is 2.71 bits per heavy atom. The highest BCUT2D eigenvalue weighted by Gasteiger charge is 2.10. The Hall–Kier alpha value is -2.33. The van der Waals surface area contributed by atoms with Crippen LogP contribution >= 0.6 is 0 Å². The van der Waals surface area contributed by atoms with Gasteiger partial charge in [-0.05, 0) is 42.7 Å². The van der Waals surface area contributed by atoms with Crippen LogP contribution in [0.25, 0.3) is 0 Å². The van der Waals surface area contributed by atoms with E-state index in [4.69, 9.17) is 5.11 Å². The second kappa shape index (κ2) is 7.45. The fourth-order valence-corrected chi connectivity index (χ4v) is 2.19. The number of amides is 1. The molecule has 0 aromatic heterocycles. The molecule has 0 radical (unpaired) electrons. The molecule has 0 spiro atoms. The van der Waals surface area contributed by atoms with Gasteiger partial charge in [0, 0.05) is 25.0 Å². The number of aliphatic hydroxyl groups is 1. The number of para-hydroxylation sites is 1. The number of carbonyl (C=O) groups excluding carboxylic acids is 1. The molecule has 0 saturated carbocycles. The van der Waals surface area contributed by atoms with E-state index in [1.807, 2.05) is 42.5 Å². The summed E-state index contributed by atoms with van der Waals surface area (Å²) in [6.45, 7) is 0.173. The zero-order chi connectivity index (χ0) is 15.1. The van der Waals surface area contributed by atoms with Crippen LogP contribution < -0.4 is 10.6 Å². The summed E-state index contributed by atoms with van der Waals surface area (Å²) in [5.41, 5.74) is 3.28. The average Bonchev–Trinajstić information content (AvgIpc) is 2.53. The molecule has 2 aromatic carbocycles. The fraction of sp³-hybridized carbons (Fsp3) is 0.235. The third-order valence-electron chi connectivity index (χ3n) is 3.25. The van der Waals surface area contributed by atoms with E-state index in [1.165, 1.54) is 0 Å². The van der Waals surface area contributed by atoms with Gasteiger partial charge in [0.15, 0.2) is 0 Å². The number of hydrogen-bond acceptors (Lipinski definition) is 3. The van der Waals surface area contributed by atoms with Crippen molar-refractivity contribution < 1.29 is 9.90 Å². The van der Waals surface area contributed by atoms with Gasteiger partial charge in [-0.2, -0.15) is 0 Å². The molecule has 3 N–H and O–H groups in total. The summed E-state index contributed by atoms with van der Waals surface area (Å²) in [6, 6.07) is 15.1. The Balaban J connectivity index is 2.12. The molecular weight excluding hydrogens is 264 g/mol. The molecule has 0 aliphatic heterocycles. The highest BCUT2D eigenvalue weighted by Crippen LogP contribution is 2.18. The van der Waals surface area contributed by atoms with E-state index in [9.17, 15) is 4.79 Å². The monoisotopic (exact) mass is 284 g/mol. The minimum absolute atomic E-state index is 0.140. The predicted molar refractivity (Wildman–Crippen MR) is 85.8 cm³/mol. The normalized spacial score (nSPS) is 10.2. The number of anilines is 2. The van der Waals surface area contributed by atoms with Crippen LogP contribution in [0.1, 0.15) is 22.3 Å². The second-order valence-corrected chi connectivity index (χ2v) is 4.78. The first-order valence-corrected chi connectivity index (χ1v) is 7.02. The Morgan fingerprint density at radius 1 is 1.14 bits per heavy atom. The Labute approximate surface area is 124 Å². The highest BCUT2D eigenvalue weighted by molar-refractivity contribution is 6.08. The van der Waals surface area contributed by atoms with Crippen LogP contribution in [0.5, 0.6) is 0 Å². The molecule has 21 heavy (non-hydrogen) atoms. The predicted octanol–water partition coefficient (Wildman–Crippen LogP) is 2.91. The van der Waals surface area contributed by atoms with E-state index in [0.29, 0.717) is 5.56 Å². The topological polar surface area (TPSA) is 61.4 Å². The van der Waals surface area contributed by atoms with E-state index >= 15 is 0 Å². The van der Waals surface area contributed by atoms with Gasteiger partial charge in [-0.3, -0.25) is 4.79 Å². The van der Waals surface area contributed by atoms with Crippen molar-refractivity contribution >= 4 is 17.3 Å². The van der Waals surface area contributed by atoms with Crippen molar-refractivity contribution in [2.75, 3.05) is 24.3 Å². The minimum Gasteiger partial charge on any atom is -0.396 e. The first-order chi connectivity index (χ1) is 10.2. The zero-order valence-electron chi connectivity index (χ0n) is 12.1. The van der Waals surface area contributed by atoms with Gasteiger partial charge in [0.25, 0.3) is 5.91 Å². The summed E-state index contributed by atoms with van der Waals surface area (Å²) in [6.07, 6.45) is 1.52. The van der Waals surface area contributed by atoms with Gasteiger partial charge in [0.05, 0.1) is 5.56 Å². The van der Waals surface area contributed by atoms with E-state index < -0.39 is 0 Å². The number of nitrogens with one attached hydrogen (secondary N) is 2. The first kappa shape index (κ1) is 15.1. The zero-order valence-corrected chi connectivity index (χ0v) is 12.1. The molecule has 110 valence electrons. The smallest absolute Gasteiger partial charge is 0.257 e. The maximum atomic E-state index is 12.3. The molecule has 4 nitrogen and oxygen atoms in total. The number of aliphatic hydroxyl groups excluding tert-OH is 1. The molecule has 2 aromatic rings. The Morgan fingerprint density at radius 2 is 1.95 bits per heavy atom. The lowest BCUT2D eigenvalue weighted by molar-refractivity contribution is 0.102. The van der Waals surface area contributed by atoms with Crippen LogP contribution in [0.4, 0.5) is 11.4 Å². The van der Waals surface area contributed by atoms with Gasteiger partial charge in [-0.25, -0.2) is 0 Å². The molecule has 2 rings (SSSR count). The number of rotatable bonds is 6. The van der Waals surface area contributed by atoms with Crippen LogP contribution in [0.15, 0.2) is 48.5 Å². The summed E-state index contributed by atoms with van der Waals surface area (Å²) in [7, 11) is 1.79. The minimum atomic E-state index is -0.140. The Bertz CT molecular complexity index is 611. The number of aryl methyl sites for hydroxylation is 1. The standard InChI is InChI=1S/C17H20N2O2/c1-18-16-10-3-2-9-15(16)17(21)19-14-8-4-6-13(12-14)7-5-11-20/h2-4,6,8-10,12,18,20H,5,7,11H2,1H3,(H,19,21). The van der Waals surface area contributed by atoms with Crippen molar-refractivity contribution in [2.24, 2.45) is 0 Å². The molecule has 0 unspecified atom stereocenters. The lowest BCUT2D eigenvalue weighted by Gasteiger charge is -2.10. The molecule has 0 bridgehead atoms. The number of hydrogen-bond donors (Lipinski definition) is 3. The molecule has 4 heteroatoms. The number of benzene rings is 2. The van der Waals surface area contributed by atoms with Gasteiger partial charge < -0.3 is 15.7 Å². The van der Waals surface area contributed by atoms with E-state index in [2.05, 4.69) is 10.6 Å². The van der Waals surface area contributed by atoms with Crippen molar-refractivity contribution in [3.8, 4) is 0 Å². The molecule has 0 aliphatic rings. The number of carbonyl (C=O) groups is 1. The third kappa shape index (κ3) is 4.07. The van der Waals surface area contributed by atoms with Gasteiger partial charge in [-0.15, -0.1) is 0 Å². The van der Waals surface area contributed by atoms with Crippen LogP contribution in [-0.4, -0.2) is 24.7 Å². The van der Waals surface area contributed by atoms with Crippen molar-refractivity contribution in [2.45, 2.75) is 12.8 Å². The average molecular weight is 284 g/mol. The van der Waals surface area contributed by atoms with Gasteiger partial charge in [0.2, 0.25) is 0 Å². The van der Waals surface area contributed by atoms with E-state index in [1.54, 1.807) is 13.1 Å². The molecule has 0 aliphatic carbocycles. The van der Waals surface area contributed by atoms with Gasteiger partial charge >= 0.3 is 0 Å².